The van der Waals surface area contributed by atoms with E-state index >= 15 is 0 Å². The van der Waals surface area contributed by atoms with Crippen LogP contribution < -0.4 is 5.32 Å². The van der Waals surface area contributed by atoms with E-state index in [9.17, 15) is 19.8 Å². The third kappa shape index (κ3) is 64.8. The first-order valence-electron chi connectivity index (χ1n) is 35.4. The van der Waals surface area contributed by atoms with Gasteiger partial charge in [-0.2, -0.15) is 0 Å². The molecule has 0 aliphatic heterocycles. The SMILES string of the molecule is CCCCCC/C=C\C/C=C\CCCCCCCC(=O)OCCCCCCCCCCCCCC/C=C\CCCCCCCCCCCCCCCCCCC(=O)NC(CO)C(O)/C=C/CCCCCCCCCCCCCC. The predicted molar refractivity (Wildman–Crippen MR) is 347 cm³/mol. The number of aliphatic hydroxyl groups excluding tert-OH is 2. The van der Waals surface area contributed by atoms with E-state index in [1.165, 1.54) is 302 Å². The highest BCUT2D eigenvalue weighted by Crippen LogP contribution is 2.18. The monoisotopic (exact) mass is 1110 g/mol. The molecule has 2 atom stereocenters. The number of aliphatic hydroxyl groups is 2. The van der Waals surface area contributed by atoms with Gasteiger partial charge in [0, 0.05) is 12.8 Å². The standard InChI is InChI=1S/C73H137NO5/c1-3-5-7-9-11-13-15-17-19-39-43-47-51-55-59-63-67-73(78)79-68-64-60-56-52-48-44-40-37-35-33-31-29-27-25-23-21-20-22-24-26-28-30-32-34-36-38-42-46-50-54-58-62-66-72(77)74-70(69-75)71(76)65-61-57-53-49-45-41-18-16-14-12-10-8-6-4-2/h13,15,19,23,25,39,61,65,70-71,75-76H,3-12,14,16-18,20-22,24,26-38,40-60,62-64,66-69H2,1-2H3,(H,74,77)/b15-13-,25-23-,39-19-,65-61+. The van der Waals surface area contributed by atoms with Crippen molar-refractivity contribution in [3.8, 4) is 0 Å². The molecule has 1 amide bonds. The average molecular weight is 1110 g/mol. The lowest BCUT2D eigenvalue weighted by atomic mass is 10.0. The number of rotatable bonds is 66. The van der Waals surface area contributed by atoms with Crippen LogP contribution in [0.4, 0.5) is 0 Å². The summed E-state index contributed by atoms with van der Waals surface area (Å²) in [6, 6.07) is -0.626. The molecule has 0 aliphatic rings. The Hall–Kier alpha value is -2.18. The van der Waals surface area contributed by atoms with Gasteiger partial charge in [0.15, 0.2) is 0 Å². The molecule has 0 aliphatic carbocycles. The first kappa shape index (κ1) is 76.8. The number of hydrogen-bond donors (Lipinski definition) is 3. The number of allylic oxidation sites excluding steroid dienone is 7. The summed E-state index contributed by atoms with van der Waals surface area (Å²) in [6.07, 6.45) is 89.1. The number of carbonyl (C=O) groups excluding carboxylic acids is 2. The minimum Gasteiger partial charge on any atom is -0.466 e. The smallest absolute Gasteiger partial charge is 0.305 e. The van der Waals surface area contributed by atoms with Gasteiger partial charge in [0.1, 0.15) is 0 Å². The minimum atomic E-state index is -0.842. The van der Waals surface area contributed by atoms with Crippen LogP contribution in [0.5, 0.6) is 0 Å². The van der Waals surface area contributed by atoms with E-state index in [2.05, 4.69) is 55.6 Å². The van der Waals surface area contributed by atoms with Crippen LogP contribution in [0.3, 0.4) is 0 Å². The Balaban J connectivity index is 3.37. The Morgan fingerprint density at radius 1 is 0.354 bits per heavy atom. The summed E-state index contributed by atoms with van der Waals surface area (Å²) in [4.78, 5) is 24.6. The quantitative estimate of drug-likeness (QED) is 0.0320. The summed E-state index contributed by atoms with van der Waals surface area (Å²) in [7, 11) is 0. The maximum atomic E-state index is 12.5. The number of esters is 1. The van der Waals surface area contributed by atoms with Gasteiger partial charge in [-0.05, 0) is 89.9 Å². The summed E-state index contributed by atoms with van der Waals surface area (Å²) in [5.41, 5.74) is 0. The molecule has 0 rings (SSSR count). The molecule has 0 fully saturated rings. The zero-order chi connectivity index (χ0) is 57.1. The van der Waals surface area contributed by atoms with Gasteiger partial charge in [-0.1, -0.05) is 326 Å². The van der Waals surface area contributed by atoms with Crippen LogP contribution in [-0.2, 0) is 14.3 Å². The van der Waals surface area contributed by atoms with Gasteiger partial charge >= 0.3 is 5.97 Å². The Morgan fingerprint density at radius 2 is 0.633 bits per heavy atom. The Kier molecular flexibility index (Phi) is 66.4. The number of amides is 1. The van der Waals surface area contributed by atoms with Gasteiger partial charge in [0.25, 0.3) is 0 Å². The van der Waals surface area contributed by atoms with Crippen LogP contribution in [0.1, 0.15) is 380 Å². The first-order valence-corrected chi connectivity index (χ1v) is 35.4. The molecule has 0 saturated heterocycles. The van der Waals surface area contributed by atoms with Crippen LogP contribution in [0.2, 0.25) is 0 Å². The average Bonchev–Trinajstić information content (AvgIpc) is 3.45. The highest BCUT2D eigenvalue weighted by molar-refractivity contribution is 5.76. The molecule has 0 aromatic carbocycles. The minimum absolute atomic E-state index is 0.00447. The number of nitrogens with one attached hydrogen (secondary N) is 1. The molecular weight excluding hydrogens is 971 g/mol. The van der Waals surface area contributed by atoms with Crippen molar-refractivity contribution in [1.82, 2.24) is 5.32 Å². The zero-order valence-corrected chi connectivity index (χ0v) is 53.1. The van der Waals surface area contributed by atoms with Crippen LogP contribution >= 0.6 is 0 Å². The second-order valence-electron chi connectivity index (χ2n) is 24.2. The van der Waals surface area contributed by atoms with Crippen molar-refractivity contribution in [1.29, 1.82) is 0 Å². The van der Waals surface area contributed by atoms with Gasteiger partial charge in [-0.3, -0.25) is 9.59 Å². The van der Waals surface area contributed by atoms with E-state index in [0.717, 1.165) is 51.4 Å². The summed E-state index contributed by atoms with van der Waals surface area (Å²) in [6.45, 7) is 4.90. The third-order valence-electron chi connectivity index (χ3n) is 16.3. The molecule has 0 aromatic rings. The lowest BCUT2D eigenvalue weighted by molar-refractivity contribution is -0.143. The Morgan fingerprint density at radius 3 is 0.987 bits per heavy atom. The summed E-state index contributed by atoms with van der Waals surface area (Å²) >= 11 is 0. The van der Waals surface area contributed by atoms with Gasteiger partial charge in [-0.15, -0.1) is 0 Å². The van der Waals surface area contributed by atoms with Crippen molar-refractivity contribution < 1.29 is 24.5 Å². The highest BCUT2D eigenvalue weighted by Gasteiger charge is 2.18. The van der Waals surface area contributed by atoms with Crippen molar-refractivity contribution >= 4 is 11.9 Å². The number of unbranched alkanes of at least 4 members (excludes halogenated alkanes) is 49. The second kappa shape index (κ2) is 68.3. The highest BCUT2D eigenvalue weighted by atomic mass is 16.5. The largest absolute Gasteiger partial charge is 0.466 e. The molecule has 0 spiro atoms. The van der Waals surface area contributed by atoms with Crippen LogP contribution in [0.25, 0.3) is 0 Å². The van der Waals surface area contributed by atoms with E-state index in [4.69, 9.17) is 4.74 Å². The van der Waals surface area contributed by atoms with Gasteiger partial charge in [0.2, 0.25) is 5.91 Å². The summed E-state index contributed by atoms with van der Waals surface area (Å²) < 4.78 is 5.49. The topological polar surface area (TPSA) is 95.9 Å². The van der Waals surface area contributed by atoms with Crippen LogP contribution in [0.15, 0.2) is 48.6 Å². The molecule has 0 radical (unpaired) electrons. The zero-order valence-electron chi connectivity index (χ0n) is 53.1. The summed E-state index contributed by atoms with van der Waals surface area (Å²) in [5, 5.41) is 23.1. The summed E-state index contributed by atoms with van der Waals surface area (Å²) in [5.74, 6) is -0.0596. The molecule has 79 heavy (non-hydrogen) atoms. The number of carbonyl (C=O) groups is 2. The molecule has 6 nitrogen and oxygen atoms in total. The van der Waals surface area contributed by atoms with E-state index in [1.54, 1.807) is 6.08 Å². The molecule has 3 N–H and O–H groups in total. The molecule has 0 saturated carbocycles. The molecule has 6 heteroatoms. The van der Waals surface area contributed by atoms with E-state index < -0.39 is 12.1 Å². The maximum absolute atomic E-state index is 12.5. The Labute approximate surface area is 493 Å². The van der Waals surface area contributed by atoms with Gasteiger partial charge in [-0.25, -0.2) is 0 Å². The fraction of sp³-hybridized carbons (Fsp3) is 0.863. The Bertz CT molecular complexity index is 1320. The molecular formula is C73H137NO5. The fourth-order valence-electron chi connectivity index (χ4n) is 10.9. The van der Waals surface area contributed by atoms with Crippen molar-refractivity contribution in [2.75, 3.05) is 13.2 Å². The van der Waals surface area contributed by atoms with E-state index in [0.29, 0.717) is 19.4 Å². The lowest BCUT2D eigenvalue weighted by Crippen LogP contribution is -2.45. The van der Waals surface area contributed by atoms with Gasteiger partial charge < -0.3 is 20.3 Å². The normalized spacial score (nSPS) is 12.8. The number of hydrogen-bond acceptors (Lipinski definition) is 5. The van der Waals surface area contributed by atoms with Crippen molar-refractivity contribution in [3.05, 3.63) is 48.6 Å². The van der Waals surface area contributed by atoms with Crippen molar-refractivity contribution in [2.45, 2.75) is 392 Å². The first-order chi connectivity index (χ1) is 39.0. The maximum Gasteiger partial charge on any atom is 0.305 e. The lowest BCUT2D eigenvalue weighted by Gasteiger charge is -2.20. The number of ether oxygens (including phenoxy) is 1. The second-order valence-corrected chi connectivity index (χ2v) is 24.2. The van der Waals surface area contributed by atoms with E-state index in [1.807, 2.05) is 6.08 Å². The molecule has 464 valence electrons. The molecule has 0 bridgehead atoms. The van der Waals surface area contributed by atoms with Crippen LogP contribution in [0, 0.1) is 0 Å². The van der Waals surface area contributed by atoms with Crippen molar-refractivity contribution in [2.24, 2.45) is 0 Å². The van der Waals surface area contributed by atoms with Gasteiger partial charge in [0.05, 0.1) is 25.4 Å². The van der Waals surface area contributed by atoms with Crippen LogP contribution in [-0.4, -0.2) is 47.4 Å². The third-order valence-corrected chi connectivity index (χ3v) is 16.3. The predicted octanol–water partition coefficient (Wildman–Crippen LogP) is 22.9. The van der Waals surface area contributed by atoms with Crippen molar-refractivity contribution in [3.63, 3.8) is 0 Å². The molecule has 2 unspecified atom stereocenters. The molecule has 0 aromatic heterocycles. The van der Waals surface area contributed by atoms with E-state index in [-0.39, 0.29) is 18.5 Å². The molecule has 0 heterocycles. The fourth-order valence-corrected chi connectivity index (χ4v) is 10.9.